The molecule has 0 bridgehead atoms. The molecule has 0 aliphatic rings. The largest absolute Gasteiger partial charge is 0.488 e. The van der Waals surface area contributed by atoms with E-state index in [0.717, 1.165) is 39.2 Å². The van der Waals surface area contributed by atoms with E-state index in [1.807, 2.05) is 54.6 Å². The minimum atomic E-state index is -0.211. The second kappa shape index (κ2) is 11.7. The van der Waals surface area contributed by atoms with Crippen LogP contribution in [-0.2, 0) is 13.0 Å². The normalized spacial score (nSPS) is 11.6. The van der Waals surface area contributed by atoms with Crippen LogP contribution >= 0.6 is 39.1 Å². The number of benzene rings is 4. The molecule has 38 heavy (non-hydrogen) atoms. The molecule has 0 radical (unpaired) electrons. The minimum Gasteiger partial charge on any atom is -0.488 e. The summed E-state index contributed by atoms with van der Waals surface area (Å²) in [5.41, 5.74) is 2.10. The summed E-state index contributed by atoms with van der Waals surface area (Å²) in [6.45, 7) is 2.40. The van der Waals surface area contributed by atoms with Gasteiger partial charge >= 0.3 is 0 Å². The van der Waals surface area contributed by atoms with E-state index in [9.17, 15) is 4.79 Å². The minimum absolute atomic E-state index is 0.211. The lowest BCUT2D eigenvalue weighted by Gasteiger charge is -2.13. The van der Waals surface area contributed by atoms with Gasteiger partial charge in [-0.05, 0) is 59.2 Å². The maximum atomic E-state index is 13.5. The van der Waals surface area contributed by atoms with Gasteiger partial charge in [-0.15, -0.1) is 0 Å². The number of ether oxygens (including phenoxy) is 1. The van der Waals surface area contributed by atoms with Crippen molar-refractivity contribution < 1.29 is 4.74 Å². The monoisotopic (exact) mass is 607 g/mol. The first-order chi connectivity index (χ1) is 18.4. The van der Waals surface area contributed by atoms with E-state index in [1.54, 1.807) is 24.4 Å². The SMILES string of the molecule is CCCCc1nc2ccc(Br)cc2c(=O)n1N=Cc1c(OCc2ccc(Cl)c(Cl)c2)ccc2ccccc12. The molecular weight excluding hydrogens is 585 g/mol. The van der Waals surface area contributed by atoms with E-state index < -0.39 is 0 Å². The van der Waals surface area contributed by atoms with Crippen molar-refractivity contribution in [2.75, 3.05) is 0 Å². The van der Waals surface area contributed by atoms with Crippen molar-refractivity contribution in [2.45, 2.75) is 32.8 Å². The molecule has 0 aliphatic heterocycles. The fraction of sp³-hybridized carbons (Fsp3) is 0.167. The summed E-state index contributed by atoms with van der Waals surface area (Å²) in [4.78, 5) is 18.3. The van der Waals surface area contributed by atoms with Crippen molar-refractivity contribution in [3.63, 3.8) is 0 Å². The lowest BCUT2D eigenvalue weighted by Crippen LogP contribution is -2.22. The van der Waals surface area contributed by atoms with Crippen LogP contribution in [0.5, 0.6) is 5.75 Å². The van der Waals surface area contributed by atoms with Gasteiger partial charge in [-0.1, -0.05) is 88.9 Å². The zero-order valence-corrected chi connectivity index (χ0v) is 23.7. The Morgan fingerprint density at radius 2 is 1.84 bits per heavy atom. The number of halogens is 3. The van der Waals surface area contributed by atoms with E-state index in [0.29, 0.717) is 45.5 Å². The fourth-order valence-electron chi connectivity index (χ4n) is 4.25. The maximum Gasteiger partial charge on any atom is 0.282 e. The van der Waals surface area contributed by atoms with Crippen LogP contribution in [0, 0.1) is 0 Å². The molecule has 0 amide bonds. The lowest BCUT2D eigenvalue weighted by molar-refractivity contribution is 0.306. The van der Waals surface area contributed by atoms with Gasteiger partial charge in [-0.25, -0.2) is 4.98 Å². The molecule has 1 aromatic heterocycles. The van der Waals surface area contributed by atoms with Crippen molar-refractivity contribution in [2.24, 2.45) is 5.10 Å². The molecule has 5 rings (SSSR count). The van der Waals surface area contributed by atoms with Crippen LogP contribution < -0.4 is 10.3 Å². The first kappa shape index (κ1) is 26.4. The molecule has 0 N–H and O–H groups in total. The van der Waals surface area contributed by atoms with Gasteiger partial charge in [0, 0.05) is 16.5 Å². The van der Waals surface area contributed by atoms with E-state index in [1.165, 1.54) is 4.68 Å². The van der Waals surface area contributed by atoms with Crippen LogP contribution in [0.25, 0.3) is 21.7 Å². The molecule has 0 spiro atoms. The third-order valence-corrected chi connectivity index (χ3v) is 7.47. The third-order valence-electron chi connectivity index (χ3n) is 6.24. The second-order valence-corrected chi connectivity index (χ2v) is 10.6. The summed E-state index contributed by atoms with van der Waals surface area (Å²) >= 11 is 15.7. The van der Waals surface area contributed by atoms with Gasteiger partial charge in [0.1, 0.15) is 18.2 Å². The van der Waals surface area contributed by atoms with Crippen molar-refractivity contribution in [3.05, 3.63) is 115 Å². The van der Waals surface area contributed by atoms with Crippen LogP contribution in [0.4, 0.5) is 0 Å². The van der Waals surface area contributed by atoms with Gasteiger partial charge < -0.3 is 4.74 Å². The summed E-state index contributed by atoms with van der Waals surface area (Å²) < 4.78 is 8.45. The Bertz CT molecular complexity index is 1730. The van der Waals surface area contributed by atoms with Gasteiger partial charge in [-0.2, -0.15) is 9.78 Å². The van der Waals surface area contributed by atoms with Crippen LogP contribution in [0.2, 0.25) is 10.0 Å². The quantitative estimate of drug-likeness (QED) is 0.166. The first-order valence-electron chi connectivity index (χ1n) is 12.3. The molecule has 4 aromatic carbocycles. The third kappa shape index (κ3) is 5.63. The fourth-order valence-corrected chi connectivity index (χ4v) is 4.93. The highest BCUT2D eigenvalue weighted by Crippen LogP contribution is 2.29. The average molecular weight is 609 g/mol. The number of fused-ring (bicyclic) bond motifs is 2. The van der Waals surface area contributed by atoms with Gasteiger partial charge in [-0.3, -0.25) is 4.79 Å². The number of hydrogen-bond acceptors (Lipinski definition) is 4. The zero-order chi connectivity index (χ0) is 26.6. The molecule has 192 valence electrons. The predicted octanol–water partition coefficient (Wildman–Crippen LogP) is 8.42. The number of unbranched alkanes of at least 4 members (excludes halogenated alkanes) is 1. The Labute approximate surface area is 238 Å². The zero-order valence-electron chi connectivity index (χ0n) is 20.6. The summed E-state index contributed by atoms with van der Waals surface area (Å²) in [6.07, 6.45) is 4.21. The standard InChI is InChI=1S/C30H24BrCl2N3O2/c1-2-3-8-29-35-27-13-11-21(31)16-23(27)30(37)36(29)34-17-24-22-7-5-4-6-20(22)10-14-28(24)38-18-19-9-12-25(32)26(33)15-19/h4-7,9-17H,2-3,8,18H2,1H3. The molecule has 5 aromatic rings. The predicted molar refractivity (Wildman–Crippen MR) is 160 cm³/mol. The number of hydrogen-bond donors (Lipinski definition) is 0. The van der Waals surface area contributed by atoms with Crippen molar-refractivity contribution >= 4 is 67.0 Å². The molecule has 8 heteroatoms. The number of aryl methyl sites for hydroxylation is 1. The average Bonchev–Trinajstić information content (AvgIpc) is 2.92. The Morgan fingerprint density at radius 1 is 1.00 bits per heavy atom. The Balaban J connectivity index is 1.59. The molecule has 0 saturated carbocycles. The van der Waals surface area contributed by atoms with Crippen molar-refractivity contribution in [3.8, 4) is 5.75 Å². The highest BCUT2D eigenvalue weighted by atomic mass is 79.9. The topological polar surface area (TPSA) is 56.5 Å². The molecule has 1 heterocycles. The van der Waals surface area contributed by atoms with Gasteiger partial charge in [0.15, 0.2) is 0 Å². The van der Waals surface area contributed by atoms with Crippen LogP contribution in [0.15, 0.2) is 87.2 Å². The highest BCUT2D eigenvalue weighted by molar-refractivity contribution is 9.10. The van der Waals surface area contributed by atoms with Gasteiger partial charge in [0.05, 0.1) is 27.2 Å². The van der Waals surface area contributed by atoms with Crippen molar-refractivity contribution in [1.29, 1.82) is 0 Å². The van der Waals surface area contributed by atoms with E-state index in [-0.39, 0.29) is 5.56 Å². The summed E-state index contributed by atoms with van der Waals surface area (Å²) in [5, 5.41) is 8.16. The number of nitrogens with zero attached hydrogens (tertiary/aromatic N) is 3. The molecule has 0 aliphatic carbocycles. The van der Waals surface area contributed by atoms with Crippen molar-refractivity contribution in [1.82, 2.24) is 9.66 Å². The molecule has 5 nitrogen and oxygen atoms in total. The van der Waals surface area contributed by atoms with Gasteiger partial charge in [0.25, 0.3) is 5.56 Å². The summed E-state index contributed by atoms with van der Waals surface area (Å²) in [7, 11) is 0. The van der Waals surface area contributed by atoms with Crippen LogP contribution in [0.1, 0.15) is 36.7 Å². The number of aromatic nitrogens is 2. The van der Waals surface area contributed by atoms with E-state index in [2.05, 4.69) is 28.0 Å². The summed E-state index contributed by atoms with van der Waals surface area (Å²) in [5.74, 6) is 1.26. The van der Waals surface area contributed by atoms with E-state index >= 15 is 0 Å². The molecular formula is C30H24BrCl2N3O2. The Hall–Kier alpha value is -3.19. The first-order valence-corrected chi connectivity index (χ1v) is 13.8. The smallest absolute Gasteiger partial charge is 0.282 e. The molecule has 0 atom stereocenters. The summed E-state index contributed by atoms with van der Waals surface area (Å²) in [6, 6.07) is 22.9. The molecule has 0 fully saturated rings. The van der Waals surface area contributed by atoms with Gasteiger partial charge in [0.2, 0.25) is 0 Å². The lowest BCUT2D eigenvalue weighted by atomic mass is 10.0. The van der Waals surface area contributed by atoms with Crippen LogP contribution in [0.3, 0.4) is 0 Å². The number of rotatable bonds is 8. The maximum absolute atomic E-state index is 13.5. The Morgan fingerprint density at radius 3 is 2.66 bits per heavy atom. The second-order valence-electron chi connectivity index (χ2n) is 8.89. The van der Waals surface area contributed by atoms with E-state index in [4.69, 9.17) is 32.9 Å². The molecule has 0 saturated heterocycles. The Kier molecular flexibility index (Phi) is 8.12. The highest BCUT2D eigenvalue weighted by Gasteiger charge is 2.13. The molecule has 0 unspecified atom stereocenters. The van der Waals surface area contributed by atoms with Crippen LogP contribution in [-0.4, -0.2) is 15.9 Å².